The van der Waals surface area contributed by atoms with Crippen molar-refractivity contribution < 1.29 is 18.7 Å². The van der Waals surface area contributed by atoms with E-state index in [-0.39, 0.29) is 24.5 Å². The van der Waals surface area contributed by atoms with E-state index in [1.807, 2.05) is 0 Å². The average Bonchev–Trinajstić information content (AvgIpc) is 2.34. The second kappa shape index (κ2) is 6.48. The van der Waals surface area contributed by atoms with Crippen LogP contribution in [0.2, 0.25) is 0 Å². The second-order valence-electron chi connectivity index (χ2n) is 3.13. The van der Waals surface area contributed by atoms with Crippen molar-refractivity contribution in [1.82, 2.24) is 0 Å². The molecule has 0 aliphatic carbocycles. The Morgan fingerprint density at radius 3 is 2.65 bits per heavy atom. The molecule has 17 heavy (non-hydrogen) atoms. The molecule has 0 aromatic heterocycles. The van der Waals surface area contributed by atoms with Crippen molar-refractivity contribution in [3.63, 3.8) is 0 Å². The molecule has 0 N–H and O–H groups in total. The van der Waals surface area contributed by atoms with Gasteiger partial charge in [0.15, 0.2) is 0 Å². The lowest BCUT2D eigenvalue weighted by Gasteiger charge is -2.09. The van der Waals surface area contributed by atoms with Crippen LogP contribution in [0, 0.1) is 5.82 Å². The van der Waals surface area contributed by atoms with Gasteiger partial charge in [-0.1, -0.05) is 25.3 Å². The Balaban J connectivity index is 2.92. The molecule has 0 atom stereocenters. The molecule has 90 valence electrons. The summed E-state index contributed by atoms with van der Waals surface area (Å²) >= 11 is 0. The van der Waals surface area contributed by atoms with Crippen molar-refractivity contribution >= 4 is 5.97 Å². The number of halogens is 1. The monoisotopic (exact) mass is 236 g/mol. The van der Waals surface area contributed by atoms with Crippen LogP contribution in [0.25, 0.3) is 0 Å². The molecule has 1 aromatic carbocycles. The first-order valence-electron chi connectivity index (χ1n) is 5.00. The van der Waals surface area contributed by atoms with Crippen molar-refractivity contribution in [2.75, 3.05) is 13.2 Å². The lowest BCUT2D eigenvalue weighted by Crippen LogP contribution is -2.08. The number of rotatable bonds is 6. The molecule has 0 radical (unpaired) electrons. The molecular formula is C13H13FO3. The highest BCUT2D eigenvalue weighted by molar-refractivity contribution is 5.92. The molecule has 0 saturated carbocycles. The second-order valence-corrected chi connectivity index (χ2v) is 3.13. The van der Waals surface area contributed by atoms with E-state index in [9.17, 15) is 9.18 Å². The van der Waals surface area contributed by atoms with E-state index in [1.54, 1.807) is 0 Å². The molecule has 0 heterocycles. The van der Waals surface area contributed by atoms with Gasteiger partial charge in [0, 0.05) is 0 Å². The average molecular weight is 236 g/mol. The van der Waals surface area contributed by atoms with E-state index in [4.69, 9.17) is 9.47 Å². The Morgan fingerprint density at radius 1 is 1.29 bits per heavy atom. The standard InChI is InChI=1S/C13H13FO3/c1-3-7-16-12-6-5-10(14)9-11(12)13(15)17-8-4-2/h3-6,9H,1-2,7-8H2. The van der Waals surface area contributed by atoms with Gasteiger partial charge in [-0.25, -0.2) is 9.18 Å². The Labute approximate surface area is 99.2 Å². The number of esters is 1. The largest absolute Gasteiger partial charge is 0.489 e. The summed E-state index contributed by atoms with van der Waals surface area (Å²) < 4.78 is 23.1. The summed E-state index contributed by atoms with van der Waals surface area (Å²) in [6.45, 7) is 7.20. The zero-order chi connectivity index (χ0) is 12.7. The summed E-state index contributed by atoms with van der Waals surface area (Å²) in [5, 5.41) is 0. The molecule has 0 spiro atoms. The number of hydrogen-bond donors (Lipinski definition) is 0. The van der Waals surface area contributed by atoms with Gasteiger partial charge in [0.05, 0.1) is 0 Å². The van der Waals surface area contributed by atoms with Gasteiger partial charge < -0.3 is 9.47 Å². The topological polar surface area (TPSA) is 35.5 Å². The van der Waals surface area contributed by atoms with Gasteiger partial charge in [-0.05, 0) is 18.2 Å². The predicted molar refractivity (Wildman–Crippen MR) is 62.6 cm³/mol. The smallest absolute Gasteiger partial charge is 0.342 e. The van der Waals surface area contributed by atoms with Crippen molar-refractivity contribution in [2.45, 2.75) is 0 Å². The molecule has 1 aromatic rings. The SMILES string of the molecule is C=CCOC(=O)c1cc(F)ccc1OCC=C. The summed E-state index contributed by atoms with van der Waals surface area (Å²) in [5.41, 5.74) is 0.0497. The van der Waals surface area contributed by atoms with Gasteiger partial charge in [-0.15, -0.1) is 0 Å². The van der Waals surface area contributed by atoms with Crippen LogP contribution in [0.1, 0.15) is 10.4 Å². The van der Waals surface area contributed by atoms with Crippen molar-refractivity contribution in [3.8, 4) is 5.75 Å². The first-order valence-corrected chi connectivity index (χ1v) is 5.00. The van der Waals surface area contributed by atoms with Crippen LogP contribution >= 0.6 is 0 Å². The molecule has 0 aliphatic heterocycles. The van der Waals surface area contributed by atoms with Crippen LogP contribution < -0.4 is 4.74 Å². The van der Waals surface area contributed by atoms with Crippen LogP contribution in [0.15, 0.2) is 43.5 Å². The molecule has 0 saturated heterocycles. The predicted octanol–water partition coefficient (Wildman–Crippen LogP) is 2.73. The molecule has 4 heteroatoms. The van der Waals surface area contributed by atoms with Crippen molar-refractivity contribution in [1.29, 1.82) is 0 Å². The minimum absolute atomic E-state index is 0.0497. The highest BCUT2D eigenvalue weighted by atomic mass is 19.1. The molecule has 0 aliphatic rings. The van der Waals surface area contributed by atoms with Crippen molar-refractivity contribution in [2.24, 2.45) is 0 Å². The zero-order valence-electron chi connectivity index (χ0n) is 9.32. The molecule has 3 nitrogen and oxygen atoms in total. The maximum absolute atomic E-state index is 13.0. The Morgan fingerprint density at radius 2 is 2.00 bits per heavy atom. The summed E-state index contributed by atoms with van der Waals surface area (Å²) in [6, 6.07) is 3.66. The fourth-order valence-corrected chi connectivity index (χ4v) is 1.15. The molecule has 1 rings (SSSR count). The van der Waals surface area contributed by atoms with Crippen LogP contribution in [0.4, 0.5) is 4.39 Å². The lowest BCUT2D eigenvalue weighted by molar-refractivity contribution is 0.0545. The molecule has 0 bridgehead atoms. The minimum Gasteiger partial charge on any atom is -0.489 e. The third kappa shape index (κ3) is 3.75. The van der Waals surface area contributed by atoms with Crippen LogP contribution in [-0.4, -0.2) is 19.2 Å². The third-order valence-corrected chi connectivity index (χ3v) is 1.85. The van der Waals surface area contributed by atoms with Gasteiger partial charge >= 0.3 is 5.97 Å². The number of carbonyl (C=O) groups is 1. The lowest BCUT2D eigenvalue weighted by atomic mass is 10.2. The summed E-state index contributed by atoms with van der Waals surface area (Å²) in [7, 11) is 0. The van der Waals surface area contributed by atoms with Gasteiger partial charge in [0.2, 0.25) is 0 Å². The highest BCUT2D eigenvalue weighted by Gasteiger charge is 2.14. The summed E-state index contributed by atoms with van der Waals surface area (Å²) in [4.78, 5) is 11.6. The van der Waals surface area contributed by atoms with Gasteiger partial charge in [-0.3, -0.25) is 0 Å². The molecule has 0 amide bonds. The molecule has 0 fully saturated rings. The fraction of sp³-hybridized carbons (Fsp3) is 0.154. The fourth-order valence-electron chi connectivity index (χ4n) is 1.15. The highest BCUT2D eigenvalue weighted by Crippen LogP contribution is 2.20. The third-order valence-electron chi connectivity index (χ3n) is 1.85. The number of carbonyl (C=O) groups excluding carboxylic acids is 1. The van der Waals surface area contributed by atoms with Crippen LogP contribution in [-0.2, 0) is 4.74 Å². The quantitative estimate of drug-likeness (QED) is 0.562. The molecular weight excluding hydrogens is 223 g/mol. The normalized spacial score (nSPS) is 9.47. The first kappa shape index (κ1) is 13.0. The number of hydrogen-bond acceptors (Lipinski definition) is 3. The number of ether oxygens (including phenoxy) is 2. The van der Waals surface area contributed by atoms with E-state index in [0.717, 1.165) is 6.07 Å². The van der Waals surface area contributed by atoms with E-state index < -0.39 is 11.8 Å². The Hall–Kier alpha value is -2.10. The van der Waals surface area contributed by atoms with Gasteiger partial charge in [0.25, 0.3) is 0 Å². The number of benzene rings is 1. The van der Waals surface area contributed by atoms with Crippen LogP contribution in [0.3, 0.4) is 0 Å². The zero-order valence-corrected chi connectivity index (χ0v) is 9.32. The molecule has 0 unspecified atom stereocenters. The maximum Gasteiger partial charge on any atom is 0.342 e. The Bertz CT molecular complexity index is 427. The Kier molecular flexibility index (Phi) is 4.94. The van der Waals surface area contributed by atoms with Gasteiger partial charge in [-0.2, -0.15) is 0 Å². The van der Waals surface area contributed by atoms with Crippen LogP contribution in [0.5, 0.6) is 5.75 Å². The maximum atomic E-state index is 13.0. The van der Waals surface area contributed by atoms with E-state index in [0.29, 0.717) is 0 Å². The van der Waals surface area contributed by atoms with E-state index in [1.165, 1.54) is 24.3 Å². The summed E-state index contributed by atoms with van der Waals surface area (Å²) in [6.07, 6.45) is 2.96. The summed E-state index contributed by atoms with van der Waals surface area (Å²) in [5.74, 6) is -0.912. The van der Waals surface area contributed by atoms with Crippen molar-refractivity contribution in [3.05, 3.63) is 54.9 Å². The minimum atomic E-state index is -0.650. The van der Waals surface area contributed by atoms with Gasteiger partial charge in [0.1, 0.15) is 30.3 Å². The van der Waals surface area contributed by atoms with E-state index in [2.05, 4.69) is 13.2 Å². The van der Waals surface area contributed by atoms with E-state index >= 15 is 0 Å². The first-order chi connectivity index (χ1) is 8.19.